The van der Waals surface area contributed by atoms with E-state index in [9.17, 15) is 43.5 Å². The lowest BCUT2D eigenvalue weighted by molar-refractivity contribution is -0.149. The summed E-state index contributed by atoms with van der Waals surface area (Å²) in [6.45, 7) is 22.5. The smallest absolute Gasteiger partial charge is 0.410 e. The lowest BCUT2D eigenvalue weighted by Gasteiger charge is -2.35. The van der Waals surface area contributed by atoms with E-state index in [0.29, 0.717) is 127 Å². The molecule has 23 nitrogen and oxygen atoms in total. The second-order valence-electron chi connectivity index (χ2n) is 35.6. The van der Waals surface area contributed by atoms with E-state index in [0.717, 1.165) is 87.1 Å². The number of anilines is 4. The van der Waals surface area contributed by atoms with Crippen LogP contribution in [0.25, 0.3) is 0 Å². The van der Waals surface area contributed by atoms with Crippen LogP contribution in [-0.4, -0.2) is 238 Å². The maximum Gasteiger partial charge on any atom is 0.410 e. The number of amides is 7. The zero-order valence-corrected chi connectivity index (χ0v) is 75.5. The van der Waals surface area contributed by atoms with E-state index in [-0.39, 0.29) is 54.1 Å². The van der Waals surface area contributed by atoms with Crippen LogP contribution in [0.3, 0.4) is 0 Å². The lowest BCUT2D eigenvalue weighted by Crippen LogP contribution is -2.53. The molecule has 6 aliphatic heterocycles. The Morgan fingerprint density at radius 1 is 0.368 bits per heavy atom. The van der Waals surface area contributed by atoms with Gasteiger partial charge in [-0.3, -0.25) is 24.0 Å². The average molecular weight is 1790 g/mol. The standard InChI is InChI=1S/C25H31N3O3.C25H28N2O3.C20H23N3O.C16H21BrN2O3.C10H12.C4H6O3.ClH/c1-25(2,3)31-24(30)27-17-15-26(16-18-27)23(29)20-10-12-21(13-11-20)28-14-6-8-19-7-4-5-9-22(19)28;28-23(26-14-16-27(17-15-26)24(29)25(30)12-13-25)20-10-8-19(9-11-20)22-7-3-5-18-4-1-2-6-21(18)22;24-20(22-14-11-21-12-15-22)17-7-9-18(10-8-17)23-13-3-5-16-4-1-2-6-19(16)23;1-16(2,3)22-15(21)19-10-8-18(9-11-19)14(20)12-4-6-13(17)7-5-12;1-2-6-10-8-4-3-7-9(10)5-1;5-3(6)4(7)1-2-4;/h4-5,7,9-13H,6,8,14-18H2,1-3H3;1-2,4,6,8-11,22,30H,3,5,7,12-17H2;1-2,4,6-10,21H,3,5,11-15H2;4-7H,8-11H2,1-3H3;1-2,5-6H,3-4,7-8H2;7H,1-2H2,(H,5,6);1H. The number of para-hydroxylation sites is 2. The monoisotopic (exact) mass is 1780 g/mol. The minimum Gasteiger partial charge on any atom is -0.479 e. The summed E-state index contributed by atoms with van der Waals surface area (Å²) in [6.07, 6.45) is 14.7. The molecule has 8 aromatic rings. The van der Waals surface area contributed by atoms with Crippen molar-refractivity contribution in [3.8, 4) is 0 Å². The van der Waals surface area contributed by atoms with Crippen LogP contribution >= 0.6 is 28.3 Å². The molecule has 125 heavy (non-hydrogen) atoms. The first kappa shape index (κ1) is 93.5. The highest BCUT2D eigenvalue weighted by molar-refractivity contribution is 9.10. The van der Waals surface area contributed by atoms with E-state index in [4.69, 9.17) is 19.7 Å². The Kier molecular flexibility index (Phi) is 31.9. The van der Waals surface area contributed by atoms with Crippen LogP contribution in [-0.2, 0) is 51.2 Å². The van der Waals surface area contributed by atoms with Crippen molar-refractivity contribution in [3.05, 3.63) is 260 Å². The highest BCUT2D eigenvalue weighted by Gasteiger charge is 2.51. The molecule has 4 N–H and O–H groups in total. The molecule has 1 atom stereocenters. The van der Waals surface area contributed by atoms with Crippen LogP contribution in [0.15, 0.2) is 199 Å². The number of piperazine rings is 4. The minimum absolute atomic E-state index is 0. The molecule has 10 aliphatic rings. The maximum absolute atomic E-state index is 13.0. The number of hydrogen-bond donors (Lipinski definition) is 4. The third-order valence-corrected chi connectivity index (χ3v) is 24.8. The van der Waals surface area contributed by atoms with Crippen LogP contribution in [0, 0.1) is 0 Å². The predicted molar refractivity (Wildman–Crippen MR) is 493 cm³/mol. The normalized spacial score (nSPS) is 18.3. The van der Waals surface area contributed by atoms with Crippen LogP contribution < -0.4 is 15.1 Å². The number of carbonyl (C=O) groups excluding carboxylic acids is 7. The Morgan fingerprint density at radius 2 is 0.696 bits per heavy atom. The van der Waals surface area contributed by atoms with Crippen LogP contribution in [0.4, 0.5) is 32.3 Å². The number of fused-ring (bicyclic) bond motifs is 4. The van der Waals surface area contributed by atoms with E-state index < -0.39 is 28.4 Å². The van der Waals surface area contributed by atoms with Gasteiger partial charge in [-0.05, 0) is 274 Å². The molecule has 0 aromatic heterocycles. The number of aliphatic carboxylic acids is 1. The zero-order chi connectivity index (χ0) is 87.7. The zero-order valence-electron chi connectivity index (χ0n) is 73.1. The molecule has 664 valence electrons. The first-order valence-corrected chi connectivity index (χ1v) is 45.1. The number of hydrogen-bond acceptors (Lipinski definition) is 15. The van der Waals surface area contributed by atoms with Gasteiger partial charge in [0.1, 0.15) is 16.8 Å². The van der Waals surface area contributed by atoms with Crippen molar-refractivity contribution in [2.75, 3.05) is 128 Å². The van der Waals surface area contributed by atoms with E-state index in [1.807, 2.05) is 117 Å². The summed E-state index contributed by atoms with van der Waals surface area (Å²) in [4.78, 5) is 114. The quantitative estimate of drug-likeness (QED) is 0.105. The number of aliphatic hydroxyl groups is 2. The molecule has 8 aromatic carbocycles. The first-order valence-electron chi connectivity index (χ1n) is 44.3. The van der Waals surface area contributed by atoms with E-state index >= 15 is 0 Å². The number of carbonyl (C=O) groups is 8. The summed E-state index contributed by atoms with van der Waals surface area (Å²) in [5.74, 6) is -0.697. The number of nitrogens with zero attached hydrogens (tertiary/aromatic N) is 9. The summed E-state index contributed by atoms with van der Waals surface area (Å²) >= 11 is 3.36. The Morgan fingerprint density at radius 3 is 1.08 bits per heavy atom. The summed E-state index contributed by atoms with van der Waals surface area (Å²) in [7, 11) is 0. The molecular formula is C100H122BrClN10O13. The van der Waals surface area contributed by atoms with Gasteiger partial charge in [0.05, 0.1) is 0 Å². The van der Waals surface area contributed by atoms with Crippen molar-refractivity contribution < 1.29 is 63.1 Å². The first-order chi connectivity index (χ1) is 59.6. The van der Waals surface area contributed by atoms with E-state index in [2.05, 4.69) is 152 Å². The third kappa shape index (κ3) is 25.2. The molecule has 6 heterocycles. The Hall–Kier alpha value is -10.6. The molecule has 0 radical (unpaired) electrons. The van der Waals surface area contributed by atoms with Gasteiger partial charge in [0, 0.05) is 173 Å². The molecule has 4 aliphatic carbocycles. The topological polar surface area (TPSA) is 257 Å². The van der Waals surface area contributed by atoms with Gasteiger partial charge in [-0.2, -0.15) is 0 Å². The largest absolute Gasteiger partial charge is 0.479 e. The molecule has 0 bridgehead atoms. The van der Waals surface area contributed by atoms with Crippen LogP contribution in [0.5, 0.6) is 0 Å². The number of benzene rings is 8. The summed E-state index contributed by atoms with van der Waals surface area (Å²) < 4.78 is 11.7. The summed E-state index contributed by atoms with van der Waals surface area (Å²) in [5.41, 5.74) is 14.2. The lowest BCUT2D eigenvalue weighted by atomic mass is 9.79. The van der Waals surface area contributed by atoms with Gasteiger partial charge in [0.15, 0.2) is 5.60 Å². The summed E-state index contributed by atoms with van der Waals surface area (Å²) in [6, 6.07) is 66.0. The van der Waals surface area contributed by atoms with Crippen LogP contribution in [0.2, 0.25) is 0 Å². The van der Waals surface area contributed by atoms with Crippen molar-refractivity contribution in [2.45, 2.75) is 166 Å². The second kappa shape index (κ2) is 42.6. The molecule has 25 heteroatoms. The number of carboxylic acids is 1. The highest BCUT2D eigenvalue weighted by Crippen LogP contribution is 2.40. The SMILES string of the molecule is CC(C)(C)OC(=O)N1CCN(C(=O)c2ccc(Br)cc2)CC1.CC(C)(C)OC(=O)N1CCN(C(=O)c2ccc(N3CCCc4ccccc43)cc2)CC1.Cl.O=C(O)C1(O)CC1.O=C(c1ccc(C2CCCc3ccccc32)cc1)N1CCN(C(=O)C2(O)CC2)CC1.O=C(c1ccc(N2CCCc3ccccc32)cc1)N1CCNCC1.c1ccc2c(c1)CCCC2. The van der Waals surface area contributed by atoms with Crippen molar-refractivity contribution in [2.24, 2.45) is 0 Å². The molecule has 6 fully saturated rings. The van der Waals surface area contributed by atoms with Crippen molar-refractivity contribution in [1.82, 2.24) is 39.6 Å². The number of rotatable bonds is 9. The predicted octanol–water partition coefficient (Wildman–Crippen LogP) is 16.0. The van der Waals surface area contributed by atoms with Gasteiger partial charge in [0.2, 0.25) is 0 Å². The van der Waals surface area contributed by atoms with Gasteiger partial charge in [-0.1, -0.05) is 113 Å². The van der Waals surface area contributed by atoms with Gasteiger partial charge in [-0.25, -0.2) is 14.4 Å². The number of ether oxygens (including phenoxy) is 2. The van der Waals surface area contributed by atoms with E-state index in [1.165, 1.54) is 83.4 Å². The maximum atomic E-state index is 13.0. The molecule has 0 spiro atoms. The van der Waals surface area contributed by atoms with Gasteiger partial charge < -0.3 is 74.2 Å². The Balaban J connectivity index is 0.000000143. The number of nitrogens with one attached hydrogen (secondary N) is 1. The van der Waals surface area contributed by atoms with Crippen molar-refractivity contribution in [3.63, 3.8) is 0 Å². The fourth-order valence-electron chi connectivity index (χ4n) is 16.9. The molecule has 1 unspecified atom stereocenters. The Labute approximate surface area is 750 Å². The molecule has 4 saturated heterocycles. The highest BCUT2D eigenvalue weighted by atomic mass is 79.9. The van der Waals surface area contributed by atoms with Gasteiger partial charge in [0.25, 0.3) is 29.5 Å². The third-order valence-electron chi connectivity index (χ3n) is 24.3. The number of aryl methyl sites for hydroxylation is 5. The Bertz CT molecular complexity index is 4980. The van der Waals surface area contributed by atoms with Crippen LogP contribution in [0.1, 0.15) is 192 Å². The van der Waals surface area contributed by atoms with Gasteiger partial charge >= 0.3 is 18.2 Å². The number of carboxylic acid groups (broad SMARTS) is 1. The van der Waals surface area contributed by atoms with E-state index in [1.54, 1.807) is 42.9 Å². The fraction of sp³-hybridized carbons (Fsp3) is 0.440. The number of halogens is 2. The minimum atomic E-state index is -1.33. The van der Waals surface area contributed by atoms with Crippen molar-refractivity contribution >= 4 is 98.8 Å². The molecule has 18 rings (SSSR count). The fourth-order valence-corrected chi connectivity index (χ4v) is 17.2. The van der Waals surface area contributed by atoms with Crippen molar-refractivity contribution in [1.29, 1.82) is 0 Å². The molecule has 7 amide bonds. The molecule has 2 saturated carbocycles. The van der Waals surface area contributed by atoms with Gasteiger partial charge in [-0.15, -0.1) is 12.4 Å². The second-order valence-corrected chi connectivity index (χ2v) is 36.5. The average Bonchev–Trinajstić information content (AvgIpc) is 1.68. The molecular weight excluding hydrogens is 1660 g/mol. The summed E-state index contributed by atoms with van der Waals surface area (Å²) in [5, 5.41) is 30.0.